The highest BCUT2D eigenvalue weighted by atomic mass is 19.4. The molecule has 4 nitrogen and oxygen atoms in total. The summed E-state index contributed by atoms with van der Waals surface area (Å²) in [6.07, 6.45) is -1.82. The number of rotatable bonds is 1. The maximum atomic E-state index is 14.3. The van der Waals surface area contributed by atoms with Gasteiger partial charge in [-0.3, -0.25) is 0 Å². The van der Waals surface area contributed by atoms with E-state index in [1.807, 2.05) is 0 Å². The number of alkyl halides is 3. The van der Waals surface area contributed by atoms with Crippen LogP contribution in [0.15, 0.2) is 73.1 Å². The fourth-order valence-electron chi connectivity index (χ4n) is 4.48. The molecule has 0 saturated carbocycles. The average Bonchev–Trinajstić information content (AvgIpc) is 3.35. The summed E-state index contributed by atoms with van der Waals surface area (Å²) in [4.78, 5) is 0. The number of nitrogens with zero attached hydrogens (tertiary/aromatic N) is 3. The molecule has 1 unspecified atom stereocenters. The van der Waals surface area contributed by atoms with E-state index in [1.165, 1.54) is 53.3 Å². The van der Waals surface area contributed by atoms with Crippen LogP contribution in [-0.4, -0.2) is 25.6 Å². The van der Waals surface area contributed by atoms with Crippen molar-refractivity contribution in [2.75, 3.05) is 0 Å². The monoisotopic (exact) mass is 423 g/mol. The maximum absolute atomic E-state index is 14.3. The van der Waals surface area contributed by atoms with E-state index in [0.717, 1.165) is 0 Å². The third-order valence-corrected chi connectivity index (χ3v) is 5.92. The molecular formula is C23H13F4N3O. The largest absolute Gasteiger partial charge is 0.425 e. The molecule has 0 bridgehead atoms. The van der Waals surface area contributed by atoms with Crippen molar-refractivity contribution in [2.45, 2.75) is 11.8 Å². The van der Waals surface area contributed by atoms with Gasteiger partial charge in [0.1, 0.15) is 5.82 Å². The highest BCUT2D eigenvalue weighted by Gasteiger charge is 2.59. The van der Waals surface area contributed by atoms with Gasteiger partial charge in [-0.25, -0.2) is 9.07 Å². The molecule has 2 aromatic heterocycles. The Morgan fingerprint density at radius 1 is 0.903 bits per heavy atom. The van der Waals surface area contributed by atoms with Crippen molar-refractivity contribution in [3.8, 4) is 11.4 Å². The Bertz CT molecular complexity index is 1500. The molecule has 0 spiro atoms. The summed E-state index contributed by atoms with van der Waals surface area (Å²) < 4.78 is 59.5. The molecule has 154 valence electrons. The lowest BCUT2D eigenvalue weighted by molar-refractivity contribution is -0.248. The molecule has 1 atom stereocenters. The van der Waals surface area contributed by atoms with Crippen LogP contribution in [0.5, 0.6) is 0 Å². The molecule has 5 aromatic rings. The lowest BCUT2D eigenvalue weighted by atomic mass is 9.81. The summed E-state index contributed by atoms with van der Waals surface area (Å²) >= 11 is 0. The fourth-order valence-corrected chi connectivity index (χ4v) is 4.48. The minimum Gasteiger partial charge on any atom is -0.372 e. The third-order valence-electron chi connectivity index (χ3n) is 5.92. The SMILES string of the molecule is OC1(C(F)(F)F)c2cc3cnn(-c4ccc(F)cc4)c3cc2-n2ccc3cccc1c32. The van der Waals surface area contributed by atoms with Crippen LogP contribution >= 0.6 is 0 Å². The second kappa shape index (κ2) is 5.73. The molecule has 0 fully saturated rings. The zero-order chi connectivity index (χ0) is 21.5. The van der Waals surface area contributed by atoms with E-state index in [9.17, 15) is 22.7 Å². The van der Waals surface area contributed by atoms with E-state index < -0.39 is 17.6 Å². The molecule has 8 heteroatoms. The van der Waals surface area contributed by atoms with Gasteiger partial charge in [0.05, 0.1) is 28.6 Å². The number of benzene rings is 3. The van der Waals surface area contributed by atoms with Crippen molar-refractivity contribution in [3.63, 3.8) is 0 Å². The normalized spacial score (nSPS) is 18.0. The lowest BCUT2D eigenvalue weighted by Gasteiger charge is -2.37. The molecule has 0 saturated heterocycles. The molecule has 1 aliphatic rings. The molecule has 6 rings (SSSR count). The van der Waals surface area contributed by atoms with Crippen molar-refractivity contribution >= 4 is 21.8 Å². The molecule has 3 heterocycles. The van der Waals surface area contributed by atoms with E-state index in [-0.39, 0.29) is 16.8 Å². The van der Waals surface area contributed by atoms with Gasteiger partial charge in [-0.05, 0) is 42.5 Å². The molecule has 1 N–H and O–H groups in total. The number of fused-ring (bicyclic) bond motifs is 3. The number of aliphatic hydroxyl groups is 1. The van der Waals surface area contributed by atoms with E-state index in [0.29, 0.717) is 27.5 Å². The van der Waals surface area contributed by atoms with Crippen molar-refractivity contribution in [1.29, 1.82) is 0 Å². The van der Waals surface area contributed by atoms with Crippen molar-refractivity contribution in [1.82, 2.24) is 14.3 Å². The molecule has 0 radical (unpaired) electrons. The molecular weight excluding hydrogens is 410 g/mol. The van der Waals surface area contributed by atoms with Gasteiger partial charge in [0.2, 0.25) is 5.60 Å². The van der Waals surface area contributed by atoms with Gasteiger partial charge in [-0.2, -0.15) is 18.3 Å². The van der Waals surface area contributed by atoms with Crippen LogP contribution in [0, 0.1) is 5.82 Å². The standard InChI is InChI=1S/C23H13F4N3O/c24-15-4-6-16(7-5-15)30-19-11-20-18(10-14(19)12-28-30)22(31,23(25,26)27)17-3-1-2-13-8-9-29(20)21(13)17/h1-12,31H. The van der Waals surface area contributed by atoms with Gasteiger partial charge in [0.15, 0.2) is 0 Å². The van der Waals surface area contributed by atoms with Gasteiger partial charge in [-0.1, -0.05) is 18.2 Å². The van der Waals surface area contributed by atoms with E-state index in [1.54, 1.807) is 29.0 Å². The van der Waals surface area contributed by atoms with Crippen LogP contribution in [0.2, 0.25) is 0 Å². The second-order valence-corrected chi connectivity index (χ2v) is 7.60. The van der Waals surface area contributed by atoms with E-state index in [2.05, 4.69) is 5.10 Å². The number of hydrogen-bond acceptors (Lipinski definition) is 2. The van der Waals surface area contributed by atoms with Crippen LogP contribution < -0.4 is 0 Å². The van der Waals surface area contributed by atoms with Crippen molar-refractivity contribution < 1.29 is 22.7 Å². The Labute approximate surface area is 172 Å². The summed E-state index contributed by atoms with van der Waals surface area (Å²) in [5, 5.41) is 16.5. The first-order valence-corrected chi connectivity index (χ1v) is 9.47. The first kappa shape index (κ1) is 18.1. The van der Waals surface area contributed by atoms with Gasteiger partial charge >= 0.3 is 6.18 Å². The Kier molecular flexibility index (Phi) is 3.36. The summed E-state index contributed by atoms with van der Waals surface area (Å²) in [6, 6.07) is 14.8. The predicted octanol–water partition coefficient (Wildman–Crippen LogP) is 5.22. The molecule has 0 amide bonds. The van der Waals surface area contributed by atoms with Gasteiger partial charge in [-0.15, -0.1) is 0 Å². The van der Waals surface area contributed by atoms with Crippen molar-refractivity contribution in [3.05, 3.63) is 90.0 Å². The fraction of sp³-hybridized carbons (Fsp3) is 0.0870. The molecule has 1 aliphatic heterocycles. The van der Waals surface area contributed by atoms with Gasteiger partial charge in [0, 0.05) is 28.1 Å². The smallest absolute Gasteiger partial charge is 0.372 e. The molecule has 31 heavy (non-hydrogen) atoms. The Morgan fingerprint density at radius 2 is 1.68 bits per heavy atom. The Balaban J connectivity index is 1.72. The van der Waals surface area contributed by atoms with E-state index >= 15 is 0 Å². The third kappa shape index (κ3) is 2.25. The number of hydrogen-bond donors (Lipinski definition) is 1. The number of halogens is 4. The minimum absolute atomic E-state index is 0.208. The van der Waals surface area contributed by atoms with Crippen molar-refractivity contribution in [2.24, 2.45) is 0 Å². The van der Waals surface area contributed by atoms with Gasteiger partial charge in [0.25, 0.3) is 0 Å². The predicted molar refractivity (Wildman–Crippen MR) is 107 cm³/mol. The highest BCUT2D eigenvalue weighted by molar-refractivity contribution is 5.92. The summed E-state index contributed by atoms with van der Waals surface area (Å²) in [7, 11) is 0. The topological polar surface area (TPSA) is 43.0 Å². The average molecular weight is 423 g/mol. The zero-order valence-electron chi connectivity index (χ0n) is 15.7. The van der Waals surface area contributed by atoms with Crippen LogP contribution in [0.3, 0.4) is 0 Å². The number of para-hydroxylation sites is 1. The summed E-state index contributed by atoms with van der Waals surface area (Å²) in [5.41, 5.74) is -2.01. The van der Waals surface area contributed by atoms with Gasteiger partial charge < -0.3 is 9.67 Å². The summed E-state index contributed by atoms with van der Waals surface area (Å²) in [5.74, 6) is -0.404. The Morgan fingerprint density at radius 3 is 2.42 bits per heavy atom. The lowest BCUT2D eigenvalue weighted by Crippen LogP contribution is -2.45. The first-order chi connectivity index (χ1) is 14.8. The maximum Gasteiger partial charge on any atom is 0.425 e. The first-order valence-electron chi connectivity index (χ1n) is 9.47. The van der Waals surface area contributed by atoms with E-state index in [4.69, 9.17) is 0 Å². The zero-order valence-corrected chi connectivity index (χ0v) is 15.7. The van der Waals surface area contributed by atoms with Crippen LogP contribution in [-0.2, 0) is 5.60 Å². The quantitative estimate of drug-likeness (QED) is 0.376. The molecule has 0 aliphatic carbocycles. The molecule has 3 aromatic carbocycles. The number of aromatic nitrogens is 3. The van der Waals surface area contributed by atoms with Crippen LogP contribution in [0.1, 0.15) is 11.1 Å². The van der Waals surface area contributed by atoms with Crippen LogP contribution in [0.25, 0.3) is 33.2 Å². The van der Waals surface area contributed by atoms with Crippen LogP contribution in [0.4, 0.5) is 17.6 Å². The Hall–Kier alpha value is -3.65. The minimum atomic E-state index is -4.94. The second-order valence-electron chi connectivity index (χ2n) is 7.60. The highest BCUT2D eigenvalue weighted by Crippen LogP contribution is 2.52. The summed E-state index contributed by atoms with van der Waals surface area (Å²) in [6.45, 7) is 0.